The van der Waals surface area contributed by atoms with Crippen LogP contribution in [0.25, 0.3) is 6.08 Å². The first kappa shape index (κ1) is 13.9. The second kappa shape index (κ2) is 6.06. The van der Waals surface area contributed by atoms with Crippen molar-refractivity contribution >= 4 is 17.7 Å². The Kier molecular flexibility index (Phi) is 4.20. The molecule has 0 spiro atoms. The number of aryl methyl sites for hydroxylation is 1. The normalized spacial score (nSPS) is 10.9. The van der Waals surface area contributed by atoms with Gasteiger partial charge in [-0.2, -0.15) is 0 Å². The minimum Gasteiger partial charge on any atom is -0.399 e. The first-order chi connectivity index (χ1) is 9.56. The van der Waals surface area contributed by atoms with E-state index in [0.29, 0.717) is 12.2 Å². The number of nitrogens with two attached hydrogens (primary N) is 1. The molecule has 0 bridgehead atoms. The lowest BCUT2D eigenvalue weighted by Crippen LogP contribution is -2.25. The fourth-order valence-electron chi connectivity index (χ4n) is 1.74. The highest BCUT2D eigenvalue weighted by molar-refractivity contribution is 5.91. The maximum absolute atomic E-state index is 12.0. The number of rotatable bonds is 4. The lowest BCUT2D eigenvalue weighted by molar-refractivity contribution is -0.125. The van der Waals surface area contributed by atoms with Gasteiger partial charge >= 0.3 is 0 Å². The van der Waals surface area contributed by atoms with Gasteiger partial charge < -0.3 is 15.2 Å². The van der Waals surface area contributed by atoms with E-state index in [0.717, 1.165) is 11.4 Å². The van der Waals surface area contributed by atoms with E-state index in [1.165, 1.54) is 0 Å². The highest BCUT2D eigenvalue weighted by Crippen LogP contribution is 2.08. The number of likely N-dealkylation sites (N-methyl/N-ethyl adjacent to an activating group) is 1. The number of hydrogen-bond acceptors (Lipinski definition) is 3. The SMILES string of the molecule is CN(Cc1nccn1C)C(=O)/C=C/c1ccc(N)cc1. The molecule has 1 heterocycles. The number of nitrogens with zero attached hydrogens (tertiary/aromatic N) is 3. The Morgan fingerprint density at radius 1 is 1.40 bits per heavy atom. The molecule has 1 aromatic carbocycles. The van der Waals surface area contributed by atoms with Crippen LogP contribution in [0.4, 0.5) is 5.69 Å². The van der Waals surface area contributed by atoms with Crippen LogP contribution in [-0.2, 0) is 18.4 Å². The number of benzene rings is 1. The number of amides is 1. The van der Waals surface area contributed by atoms with Crippen molar-refractivity contribution in [1.29, 1.82) is 0 Å². The van der Waals surface area contributed by atoms with Crippen LogP contribution in [0.15, 0.2) is 42.7 Å². The Morgan fingerprint density at radius 2 is 2.10 bits per heavy atom. The summed E-state index contributed by atoms with van der Waals surface area (Å²) in [7, 11) is 3.66. The molecule has 2 N–H and O–H groups in total. The standard InChI is InChI=1S/C15H18N4O/c1-18-10-9-17-14(18)11-19(2)15(20)8-5-12-3-6-13(16)7-4-12/h3-10H,11,16H2,1-2H3/b8-5+. The van der Waals surface area contributed by atoms with Gasteiger partial charge in [-0.05, 0) is 23.8 Å². The molecule has 0 aliphatic heterocycles. The molecule has 0 unspecified atom stereocenters. The van der Waals surface area contributed by atoms with Gasteiger partial charge in [0, 0.05) is 38.3 Å². The van der Waals surface area contributed by atoms with Gasteiger partial charge in [0.25, 0.3) is 0 Å². The van der Waals surface area contributed by atoms with Gasteiger partial charge in [-0.3, -0.25) is 4.79 Å². The van der Waals surface area contributed by atoms with Gasteiger partial charge in [-0.15, -0.1) is 0 Å². The van der Waals surface area contributed by atoms with Gasteiger partial charge in [0.1, 0.15) is 5.82 Å². The van der Waals surface area contributed by atoms with Crippen molar-refractivity contribution in [3.8, 4) is 0 Å². The molecular formula is C15H18N4O. The smallest absolute Gasteiger partial charge is 0.246 e. The molecule has 104 valence electrons. The minimum absolute atomic E-state index is 0.0650. The zero-order valence-corrected chi connectivity index (χ0v) is 11.7. The van der Waals surface area contributed by atoms with Crippen molar-refractivity contribution in [3.05, 3.63) is 54.1 Å². The number of aromatic nitrogens is 2. The Hall–Kier alpha value is -2.56. The van der Waals surface area contributed by atoms with Crippen LogP contribution in [-0.4, -0.2) is 27.4 Å². The van der Waals surface area contributed by atoms with E-state index in [4.69, 9.17) is 5.73 Å². The van der Waals surface area contributed by atoms with Crippen LogP contribution in [0.3, 0.4) is 0 Å². The summed E-state index contributed by atoms with van der Waals surface area (Å²) in [5, 5.41) is 0. The average Bonchev–Trinajstić information content (AvgIpc) is 2.83. The van der Waals surface area contributed by atoms with Crippen LogP contribution in [0.5, 0.6) is 0 Å². The van der Waals surface area contributed by atoms with Gasteiger partial charge in [0.15, 0.2) is 0 Å². The summed E-state index contributed by atoms with van der Waals surface area (Å²) in [6.45, 7) is 0.481. The fourth-order valence-corrected chi connectivity index (χ4v) is 1.74. The summed E-state index contributed by atoms with van der Waals surface area (Å²) in [6, 6.07) is 7.36. The van der Waals surface area contributed by atoms with Crippen LogP contribution >= 0.6 is 0 Å². The zero-order chi connectivity index (χ0) is 14.5. The number of nitrogen functional groups attached to an aromatic ring is 1. The van der Waals surface area contributed by atoms with Crippen molar-refractivity contribution in [2.45, 2.75) is 6.54 Å². The van der Waals surface area contributed by atoms with Crippen LogP contribution in [0.2, 0.25) is 0 Å². The van der Waals surface area contributed by atoms with Crippen molar-refractivity contribution in [2.75, 3.05) is 12.8 Å². The first-order valence-corrected chi connectivity index (χ1v) is 6.31. The summed E-state index contributed by atoms with van der Waals surface area (Å²) in [6.07, 6.45) is 6.90. The van der Waals surface area contributed by atoms with Crippen molar-refractivity contribution in [1.82, 2.24) is 14.5 Å². The van der Waals surface area contributed by atoms with Gasteiger partial charge in [0.05, 0.1) is 6.54 Å². The summed E-state index contributed by atoms with van der Waals surface area (Å²) < 4.78 is 1.90. The highest BCUT2D eigenvalue weighted by atomic mass is 16.2. The van der Waals surface area contributed by atoms with E-state index in [2.05, 4.69) is 4.98 Å². The molecular weight excluding hydrogens is 252 g/mol. The summed E-state index contributed by atoms with van der Waals surface area (Å²) >= 11 is 0. The molecule has 0 aliphatic carbocycles. The van der Waals surface area contributed by atoms with Crippen molar-refractivity contribution in [2.24, 2.45) is 7.05 Å². The Balaban J connectivity index is 1.97. The van der Waals surface area contributed by atoms with Crippen LogP contribution < -0.4 is 5.73 Å². The molecule has 0 saturated carbocycles. The number of imidazole rings is 1. The first-order valence-electron chi connectivity index (χ1n) is 6.31. The molecule has 0 fully saturated rings. The topological polar surface area (TPSA) is 64.2 Å². The van der Waals surface area contributed by atoms with Gasteiger partial charge in [-0.1, -0.05) is 12.1 Å². The maximum atomic E-state index is 12.0. The molecule has 0 saturated heterocycles. The minimum atomic E-state index is -0.0650. The third-order valence-corrected chi connectivity index (χ3v) is 3.03. The van der Waals surface area contributed by atoms with E-state index in [1.807, 2.05) is 42.1 Å². The number of carbonyl (C=O) groups is 1. The maximum Gasteiger partial charge on any atom is 0.246 e. The van der Waals surface area contributed by atoms with E-state index in [1.54, 1.807) is 30.3 Å². The Bertz CT molecular complexity index is 613. The van der Waals surface area contributed by atoms with E-state index in [-0.39, 0.29) is 5.91 Å². The summed E-state index contributed by atoms with van der Waals surface area (Å²) in [4.78, 5) is 17.8. The molecule has 2 aromatic rings. The zero-order valence-electron chi connectivity index (χ0n) is 11.7. The molecule has 1 amide bonds. The highest BCUT2D eigenvalue weighted by Gasteiger charge is 2.08. The molecule has 20 heavy (non-hydrogen) atoms. The molecule has 0 atom stereocenters. The largest absolute Gasteiger partial charge is 0.399 e. The molecule has 0 aliphatic rings. The second-order valence-corrected chi connectivity index (χ2v) is 4.65. The van der Waals surface area contributed by atoms with Crippen LogP contribution in [0.1, 0.15) is 11.4 Å². The van der Waals surface area contributed by atoms with Crippen molar-refractivity contribution in [3.63, 3.8) is 0 Å². The predicted molar refractivity (Wildman–Crippen MR) is 79.6 cm³/mol. The monoisotopic (exact) mass is 270 g/mol. The lowest BCUT2D eigenvalue weighted by Gasteiger charge is -2.14. The Morgan fingerprint density at radius 3 is 2.70 bits per heavy atom. The molecule has 2 rings (SSSR count). The fraction of sp³-hybridized carbons (Fsp3) is 0.200. The van der Waals surface area contributed by atoms with Gasteiger partial charge in [0.2, 0.25) is 5.91 Å². The lowest BCUT2D eigenvalue weighted by atomic mass is 10.2. The molecule has 5 heteroatoms. The third kappa shape index (κ3) is 3.47. The molecule has 0 radical (unpaired) electrons. The number of anilines is 1. The summed E-state index contributed by atoms with van der Waals surface area (Å²) in [5.41, 5.74) is 7.26. The quantitative estimate of drug-likeness (QED) is 0.679. The molecule has 5 nitrogen and oxygen atoms in total. The van der Waals surface area contributed by atoms with Crippen LogP contribution in [0, 0.1) is 0 Å². The van der Waals surface area contributed by atoms with E-state index >= 15 is 0 Å². The van der Waals surface area contributed by atoms with E-state index in [9.17, 15) is 4.79 Å². The summed E-state index contributed by atoms with van der Waals surface area (Å²) in [5.74, 6) is 0.784. The molecule has 1 aromatic heterocycles. The third-order valence-electron chi connectivity index (χ3n) is 3.03. The number of carbonyl (C=O) groups excluding carboxylic acids is 1. The predicted octanol–water partition coefficient (Wildman–Crippen LogP) is 1.67. The second-order valence-electron chi connectivity index (χ2n) is 4.65. The average molecular weight is 270 g/mol. The van der Waals surface area contributed by atoms with E-state index < -0.39 is 0 Å². The number of hydrogen-bond donors (Lipinski definition) is 1. The van der Waals surface area contributed by atoms with Crippen molar-refractivity contribution < 1.29 is 4.79 Å². The van der Waals surface area contributed by atoms with Gasteiger partial charge in [-0.25, -0.2) is 4.98 Å². The Labute approximate surface area is 118 Å².